The maximum Gasteiger partial charge on any atom is 0.264 e. The normalized spacial score (nSPS) is 13.4. The number of ether oxygens (including phenoxy) is 2. The third-order valence-corrected chi connectivity index (χ3v) is 6.88. The molecule has 0 spiro atoms. The van der Waals surface area contributed by atoms with E-state index >= 15 is 0 Å². The smallest absolute Gasteiger partial charge is 0.264 e. The number of carbonyl (C=O) groups excluding carboxylic acids is 1. The number of amides is 1. The maximum atomic E-state index is 14.7. The Kier molecular flexibility index (Phi) is 6.83. The average molecular weight is 443 g/mol. The summed E-state index contributed by atoms with van der Waals surface area (Å²) in [5, 5.41) is 8.85. The fraction of sp³-hybridized carbons (Fsp3) is 0.389. The lowest BCUT2D eigenvalue weighted by Gasteiger charge is -2.25. The summed E-state index contributed by atoms with van der Waals surface area (Å²) in [4.78, 5) is 28.3. The molecule has 0 bridgehead atoms. The van der Waals surface area contributed by atoms with Crippen LogP contribution in [0.25, 0.3) is 11.1 Å². The number of halogens is 1. The zero-order valence-electron chi connectivity index (χ0n) is 16.8. The fourth-order valence-electron chi connectivity index (χ4n) is 2.74. The molecule has 2 aromatic rings. The lowest BCUT2D eigenvalue weighted by atomic mass is 10.1. The minimum absolute atomic E-state index is 0.0383. The highest BCUT2D eigenvalue weighted by atomic mass is 32.2. The number of hydrogen-bond donors (Lipinski definition) is 2. The number of rotatable bonds is 8. The molecule has 0 aliphatic heterocycles. The van der Waals surface area contributed by atoms with E-state index in [0.29, 0.717) is 0 Å². The molecule has 0 aliphatic carbocycles. The number of aryl methyl sites for hydroxylation is 1. The first kappa shape index (κ1) is 23.3. The molecule has 1 amide bonds. The topological polar surface area (TPSA) is 137 Å². The Morgan fingerprint density at radius 2 is 2.00 bits per heavy atom. The molecule has 164 valence electrons. The summed E-state index contributed by atoms with van der Waals surface area (Å²) in [5.74, 6) is -1.47. The van der Waals surface area contributed by atoms with Gasteiger partial charge in [-0.05, 0) is 19.4 Å². The van der Waals surface area contributed by atoms with Gasteiger partial charge in [0.05, 0.1) is 14.2 Å². The molecule has 2 heterocycles. The third kappa shape index (κ3) is 4.44. The Labute approximate surface area is 172 Å². The van der Waals surface area contributed by atoms with Crippen LogP contribution >= 0.6 is 0 Å². The molecule has 0 saturated heterocycles. The van der Waals surface area contributed by atoms with Crippen LogP contribution in [-0.2, 0) is 21.2 Å². The van der Waals surface area contributed by atoms with E-state index in [0.717, 1.165) is 30.0 Å². The van der Waals surface area contributed by atoms with E-state index in [4.69, 9.17) is 14.7 Å². The van der Waals surface area contributed by atoms with Crippen molar-refractivity contribution in [3.05, 3.63) is 40.7 Å². The summed E-state index contributed by atoms with van der Waals surface area (Å²) in [6, 6.07) is 2.49. The molecule has 1 atom stereocenters. The van der Waals surface area contributed by atoms with Gasteiger partial charge >= 0.3 is 0 Å². The van der Waals surface area contributed by atoms with E-state index in [1.165, 1.54) is 32.0 Å². The predicted molar refractivity (Wildman–Crippen MR) is 105 cm³/mol. The second-order valence-corrected chi connectivity index (χ2v) is 9.14. The van der Waals surface area contributed by atoms with Crippen LogP contribution < -0.4 is 20.5 Å². The number of methoxy groups -OCH3 is 2. The molecule has 10 nitrogen and oxygen atoms in total. The molecular weight excluding hydrogens is 421 g/mol. The first-order valence-corrected chi connectivity index (χ1v) is 10.5. The summed E-state index contributed by atoms with van der Waals surface area (Å²) < 4.78 is 47.8. The van der Waals surface area contributed by atoms with Crippen molar-refractivity contribution in [1.29, 1.82) is 0 Å². The van der Waals surface area contributed by atoms with E-state index < -0.39 is 31.9 Å². The largest absolute Gasteiger partial charge is 0.491 e. The Morgan fingerprint density at radius 3 is 2.53 bits per heavy atom. The van der Waals surface area contributed by atoms with Gasteiger partial charge in [-0.2, -0.15) is 0 Å². The fourth-order valence-corrected chi connectivity index (χ4v) is 3.58. The van der Waals surface area contributed by atoms with Gasteiger partial charge in [0.2, 0.25) is 0 Å². The molecule has 30 heavy (non-hydrogen) atoms. The van der Waals surface area contributed by atoms with E-state index in [1.54, 1.807) is 0 Å². The van der Waals surface area contributed by atoms with Gasteiger partial charge in [0, 0.05) is 42.4 Å². The van der Waals surface area contributed by atoms with Gasteiger partial charge in [-0.25, -0.2) is 23.3 Å². The first-order valence-electron chi connectivity index (χ1n) is 8.61. The van der Waals surface area contributed by atoms with Gasteiger partial charge in [-0.15, -0.1) is 0 Å². The van der Waals surface area contributed by atoms with Gasteiger partial charge in [0.1, 0.15) is 5.82 Å². The van der Waals surface area contributed by atoms with Crippen molar-refractivity contribution in [1.82, 2.24) is 15.0 Å². The quantitative estimate of drug-likeness (QED) is 0.451. The summed E-state index contributed by atoms with van der Waals surface area (Å²) in [6.07, 6.45) is 2.69. The molecule has 12 heteroatoms. The summed E-state index contributed by atoms with van der Waals surface area (Å²) in [7, 11) is -1.17. The van der Waals surface area contributed by atoms with Gasteiger partial charge in [0.25, 0.3) is 17.3 Å². The summed E-state index contributed by atoms with van der Waals surface area (Å²) in [6.45, 7) is 0.830. The van der Waals surface area contributed by atoms with Crippen molar-refractivity contribution >= 4 is 15.7 Å². The van der Waals surface area contributed by atoms with Crippen molar-refractivity contribution < 1.29 is 32.3 Å². The number of sulfone groups is 1. The number of nitrogens with one attached hydrogen (secondary N) is 1. The van der Waals surface area contributed by atoms with E-state index in [1.807, 2.05) is 0 Å². The Bertz CT molecular complexity index is 1120. The highest BCUT2D eigenvalue weighted by molar-refractivity contribution is 7.92. The van der Waals surface area contributed by atoms with Gasteiger partial charge in [-0.1, -0.05) is 0 Å². The Hall–Kier alpha value is -2.99. The van der Waals surface area contributed by atoms with Gasteiger partial charge in [0.15, 0.2) is 20.3 Å². The number of aromatic nitrogens is 2. The zero-order chi connectivity index (χ0) is 22.7. The van der Waals surface area contributed by atoms with Crippen LogP contribution in [-0.4, -0.2) is 54.3 Å². The predicted octanol–water partition coefficient (Wildman–Crippen LogP) is 0.765. The van der Waals surface area contributed by atoms with E-state index in [2.05, 4.69) is 4.98 Å². The van der Waals surface area contributed by atoms with Crippen LogP contribution in [0.15, 0.2) is 29.3 Å². The monoisotopic (exact) mass is 443 g/mol. The minimum atomic E-state index is -3.95. The van der Waals surface area contributed by atoms with Crippen LogP contribution in [0.2, 0.25) is 0 Å². The zero-order valence-corrected chi connectivity index (χ0v) is 17.6. The molecule has 2 N–H and O–H groups in total. The maximum absolute atomic E-state index is 14.7. The third-order valence-electron chi connectivity index (χ3n) is 4.85. The van der Waals surface area contributed by atoms with Crippen molar-refractivity contribution in [2.24, 2.45) is 0 Å². The molecule has 0 fully saturated rings. The SMILES string of the molecule is COc1cc(-c2cc(=O)n(CCC(C)(C(=O)NO)S(C)(=O)=O)cc2F)cnc1OC. The standard InChI is InChI=1S/C18H22FN3O7S/c1-18(17(24)21-25,30(4,26)27)5-6-22-10-13(19)12(8-15(22)23)11-7-14(28-2)16(29-3)20-9-11/h7-10,25H,5-6H2,1-4H3,(H,21,24). The van der Waals surface area contributed by atoms with Crippen LogP contribution in [0, 0.1) is 5.82 Å². The minimum Gasteiger partial charge on any atom is -0.491 e. The van der Waals surface area contributed by atoms with Crippen LogP contribution in [0.4, 0.5) is 4.39 Å². The first-order chi connectivity index (χ1) is 14.0. The van der Waals surface area contributed by atoms with Crippen molar-refractivity contribution in [2.45, 2.75) is 24.6 Å². The lowest BCUT2D eigenvalue weighted by molar-refractivity contribution is -0.131. The molecule has 2 rings (SSSR count). The molecular formula is C18H22FN3O7S. The van der Waals surface area contributed by atoms with E-state index in [9.17, 15) is 22.4 Å². The van der Waals surface area contributed by atoms with Gasteiger partial charge in [-0.3, -0.25) is 14.8 Å². The number of hydrogen-bond acceptors (Lipinski definition) is 8. The molecule has 2 aromatic heterocycles. The van der Waals surface area contributed by atoms with Crippen LogP contribution in [0.1, 0.15) is 13.3 Å². The van der Waals surface area contributed by atoms with Crippen molar-refractivity contribution in [3.63, 3.8) is 0 Å². The average Bonchev–Trinajstić information content (AvgIpc) is 2.71. The molecule has 0 radical (unpaired) electrons. The summed E-state index contributed by atoms with van der Waals surface area (Å²) >= 11 is 0. The van der Waals surface area contributed by atoms with Crippen LogP contribution in [0.3, 0.4) is 0 Å². The summed E-state index contributed by atoms with van der Waals surface area (Å²) in [5.41, 5.74) is 0.928. The lowest BCUT2D eigenvalue weighted by Crippen LogP contribution is -2.50. The number of nitrogens with zero attached hydrogens (tertiary/aromatic N) is 2. The molecule has 1 unspecified atom stereocenters. The van der Waals surface area contributed by atoms with Gasteiger partial charge < -0.3 is 14.0 Å². The van der Waals surface area contributed by atoms with Crippen molar-refractivity contribution in [3.8, 4) is 22.8 Å². The van der Waals surface area contributed by atoms with Crippen LogP contribution in [0.5, 0.6) is 11.6 Å². The molecule has 0 aromatic carbocycles. The Morgan fingerprint density at radius 1 is 1.33 bits per heavy atom. The number of hydroxylamine groups is 1. The molecule has 0 aliphatic rings. The second-order valence-electron chi connectivity index (χ2n) is 6.70. The second kappa shape index (κ2) is 8.79. The number of carbonyl (C=O) groups is 1. The van der Waals surface area contributed by atoms with E-state index in [-0.39, 0.29) is 35.7 Å². The highest BCUT2D eigenvalue weighted by Crippen LogP contribution is 2.30. The Balaban J connectivity index is 2.40. The van der Waals surface area contributed by atoms with Crippen molar-refractivity contribution in [2.75, 3.05) is 20.5 Å². The molecule has 0 saturated carbocycles. The number of pyridine rings is 2. The highest BCUT2D eigenvalue weighted by Gasteiger charge is 2.43.